The molecular weight excluding hydrogens is 436 g/mol. The zero-order valence-electron chi connectivity index (χ0n) is 22.4. The van der Waals surface area contributed by atoms with Crippen LogP contribution < -0.4 is 0 Å². The minimum absolute atomic E-state index is 0.0192. The van der Waals surface area contributed by atoms with Crippen LogP contribution in [0.1, 0.15) is 92.1 Å². The fourth-order valence-corrected chi connectivity index (χ4v) is 2.91. The average molecular weight is 484 g/mol. The van der Waals surface area contributed by atoms with Crippen molar-refractivity contribution in [1.29, 1.82) is 0 Å². The maximum absolute atomic E-state index is 13.6. The van der Waals surface area contributed by atoms with E-state index in [1.165, 1.54) is 17.7 Å². The topological polar surface area (TPSA) is 49.8 Å². The van der Waals surface area contributed by atoms with Gasteiger partial charge in [0.05, 0.1) is 19.3 Å². The Kier molecular flexibility index (Phi) is 21.6. The molecule has 196 valence electrons. The zero-order chi connectivity index (χ0) is 26.5. The Balaban J connectivity index is 0. The van der Waals surface area contributed by atoms with Crippen molar-refractivity contribution in [2.24, 2.45) is 0 Å². The largest absolute Gasteiger partial charge is 0.463 e. The predicted octanol–water partition coefficient (Wildman–Crippen LogP) is 7.39. The maximum Gasteiger partial charge on any atom is 0.306 e. The number of aliphatic hydroxyl groups is 1. The van der Waals surface area contributed by atoms with Crippen LogP contribution >= 0.6 is 0 Å². The van der Waals surface area contributed by atoms with Gasteiger partial charge in [-0.15, -0.1) is 6.58 Å². The molecule has 0 saturated heterocycles. The Morgan fingerprint density at radius 3 is 2.03 bits per heavy atom. The van der Waals surface area contributed by atoms with Crippen LogP contribution in [0.2, 0.25) is 0 Å². The van der Waals surface area contributed by atoms with Crippen molar-refractivity contribution in [3.05, 3.63) is 59.7 Å². The normalized spacial score (nSPS) is 11.1. The van der Waals surface area contributed by atoms with Crippen LogP contribution in [-0.2, 0) is 9.53 Å². The van der Waals surface area contributed by atoms with Crippen molar-refractivity contribution >= 4 is 5.97 Å². The highest BCUT2D eigenvalue weighted by Gasteiger charge is 2.20. The van der Waals surface area contributed by atoms with Gasteiger partial charge < -0.3 is 9.84 Å². The summed E-state index contributed by atoms with van der Waals surface area (Å²) in [6.07, 6.45) is 7.02. The van der Waals surface area contributed by atoms with Gasteiger partial charge in [0.2, 0.25) is 0 Å². The minimum atomic E-state index is -0.651. The molecule has 0 bridgehead atoms. The number of benzene rings is 1. The number of carbonyl (C=O) groups is 1. The number of hydrogen-bond donors (Lipinski definition) is 1. The van der Waals surface area contributed by atoms with Gasteiger partial charge >= 0.3 is 5.97 Å². The summed E-state index contributed by atoms with van der Waals surface area (Å²) in [7, 11) is 0. The first kappa shape index (κ1) is 34.1. The highest BCUT2D eigenvalue weighted by Crippen LogP contribution is 2.27. The Morgan fingerprint density at radius 2 is 1.62 bits per heavy atom. The Labute approximate surface area is 206 Å². The fourth-order valence-electron chi connectivity index (χ4n) is 2.91. The van der Waals surface area contributed by atoms with Crippen molar-refractivity contribution in [2.45, 2.75) is 92.6 Å². The van der Waals surface area contributed by atoms with Gasteiger partial charge in [-0.1, -0.05) is 31.1 Å². The van der Waals surface area contributed by atoms with Crippen LogP contribution in [0.4, 0.5) is 8.78 Å². The first-order valence-corrected chi connectivity index (χ1v) is 12.2. The number of allylic oxidation sites excluding steroid dienone is 3. The molecule has 6 heteroatoms. The molecule has 1 rings (SSSR count). The van der Waals surface area contributed by atoms with Crippen LogP contribution in [0, 0.1) is 11.6 Å². The lowest BCUT2D eigenvalue weighted by Crippen LogP contribution is -2.27. The third-order valence-electron chi connectivity index (χ3n) is 4.77. The monoisotopic (exact) mass is 483 g/mol. The molecule has 0 aromatic heterocycles. The van der Waals surface area contributed by atoms with E-state index in [1.54, 1.807) is 19.9 Å². The van der Waals surface area contributed by atoms with Crippen LogP contribution in [-0.4, -0.2) is 41.9 Å². The summed E-state index contributed by atoms with van der Waals surface area (Å²) in [4.78, 5) is 14.0. The van der Waals surface area contributed by atoms with E-state index in [2.05, 4.69) is 33.4 Å². The van der Waals surface area contributed by atoms with E-state index in [9.17, 15) is 18.7 Å². The van der Waals surface area contributed by atoms with Gasteiger partial charge in [0.25, 0.3) is 0 Å². The van der Waals surface area contributed by atoms with Crippen molar-refractivity contribution in [3.8, 4) is 0 Å². The molecule has 0 aliphatic carbocycles. The molecule has 1 N–H and O–H groups in total. The summed E-state index contributed by atoms with van der Waals surface area (Å²) in [6.45, 7) is 18.5. The summed E-state index contributed by atoms with van der Waals surface area (Å²) < 4.78 is 32.4. The second-order valence-corrected chi connectivity index (χ2v) is 8.67. The standard InChI is InChI=1S/C20H31F2NO3.C5H10.C3H6/c1-4-5-8-23(14-24)9-6-7-16(12-20(25)26-15(2)3)17-10-18(21)13-19(22)11-17;1-4-5(2)3;1-3-2/h10-11,13,15-16,24H,4-9,12,14H2,1-3H3;4H,1-3H3;3H,1H2,2H3. The number of carbonyl (C=O) groups excluding carboxylic acids is 1. The molecule has 4 nitrogen and oxygen atoms in total. The van der Waals surface area contributed by atoms with Gasteiger partial charge in [0.15, 0.2) is 0 Å². The number of unbranched alkanes of at least 4 members (excludes halogenated alkanes) is 1. The second-order valence-electron chi connectivity index (χ2n) is 8.67. The van der Waals surface area contributed by atoms with Gasteiger partial charge in [-0.3, -0.25) is 9.69 Å². The molecule has 1 unspecified atom stereocenters. The quantitative estimate of drug-likeness (QED) is 0.191. The second kappa shape index (κ2) is 21.5. The number of aliphatic hydroxyl groups excluding tert-OH is 1. The zero-order valence-corrected chi connectivity index (χ0v) is 22.4. The molecule has 1 atom stereocenters. The van der Waals surface area contributed by atoms with Crippen LogP contribution in [0.3, 0.4) is 0 Å². The predicted molar refractivity (Wildman–Crippen MR) is 139 cm³/mol. The fraction of sp³-hybridized carbons (Fsp3) is 0.607. The van der Waals surface area contributed by atoms with Crippen molar-refractivity contribution in [3.63, 3.8) is 0 Å². The number of nitrogens with zero attached hydrogens (tertiary/aromatic N) is 1. The van der Waals surface area contributed by atoms with E-state index in [0.717, 1.165) is 25.5 Å². The van der Waals surface area contributed by atoms with Gasteiger partial charge in [-0.2, -0.15) is 0 Å². The number of rotatable bonds is 12. The third kappa shape index (κ3) is 19.4. The van der Waals surface area contributed by atoms with Gasteiger partial charge in [0.1, 0.15) is 11.6 Å². The number of halogens is 2. The average Bonchev–Trinajstić information content (AvgIpc) is 2.75. The Hall–Kier alpha value is -2.05. The lowest BCUT2D eigenvalue weighted by atomic mass is 9.91. The highest BCUT2D eigenvalue weighted by molar-refractivity contribution is 5.70. The van der Waals surface area contributed by atoms with E-state index in [-0.39, 0.29) is 31.1 Å². The molecule has 0 amide bonds. The smallest absolute Gasteiger partial charge is 0.306 e. The first-order valence-electron chi connectivity index (χ1n) is 12.2. The molecule has 0 aliphatic rings. The third-order valence-corrected chi connectivity index (χ3v) is 4.77. The number of hydrogen-bond acceptors (Lipinski definition) is 4. The summed E-state index contributed by atoms with van der Waals surface area (Å²) >= 11 is 0. The Bertz CT molecular complexity index is 681. The summed E-state index contributed by atoms with van der Waals surface area (Å²) in [5.41, 5.74) is 1.84. The van der Waals surface area contributed by atoms with E-state index < -0.39 is 11.6 Å². The molecule has 1 aromatic carbocycles. The van der Waals surface area contributed by atoms with E-state index in [1.807, 2.05) is 18.7 Å². The molecule has 0 spiro atoms. The van der Waals surface area contributed by atoms with E-state index in [0.29, 0.717) is 24.9 Å². The first-order chi connectivity index (χ1) is 16.0. The van der Waals surface area contributed by atoms with Crippen molar-refractivity contribution in [2.75, 3.05) is 19.8 Å². The van der Waals surface area contributed by atoms with Crippen LogP contribution in [0.5, 0.6) is 0 Å². The van der Waals surface area contributed by atoms with Gasteiger partial charge in [-0.25, -0.2) is 8.78 Å². The number of ether oxygens (including phenoxy) is 1. The van der Waals surface area contributed by atoms with E-state index in [4.69, 9.17) is 4.74 Å². The summed E-state index contributed by atoms with van der Waals surface area (Å²) in [5, 5.41) is 9.40. The van der Waals surface area contributed by atoms with Crippen LogP contribution in [0.25, 0.3) is 0 Å². The van der Waals surface area contributed by atoms with Gasteiger partial charge in [0, 0.05) is 19.2 Å². The number of esters is 1. The lowest BCUT2D eigenvalue weighted by molar-refractivity contribution is -0.147. The maximum atomic E-state index is 13.6. The summed E-state index contributed by atoms with van der Waals surface area (Å²) in [6, 6.07) is 3.37. The molecular formula is C28H47F2NO3. The van der Waals surface area contributed by atoms with Gasteiger partial charge in [-0.05, 0) is 84.4 Å². The molecule has 0 fully saturated rings. The molecule has 0 heterocycles. The van der Waals surface area contributed by atoms with Crippen LogP contribution in [0.15, 0.2) is 42.5 Å². The molecule has 0 radical (unpaired) electrons. The van der Waals surface area contributed by atoms with Crippen molar-refractivity contribution < 1.29 is 23.4 Å². The molecule has 0 saturated carbocycles. The SMILES string of the molecule is C=CC.CC=C(C)C.CCCCN(CO)CCCC(CC(=O)OC(C)C)c1cc(F)cc(F)c1. The summed E-state index contributed by atoms with van der Waals surface area (Å²) in [5.74, 6) is -2.00. The molecule has 34 heavy (non-hydrogen) atoms. The molecule has 0 aliphatic heterocycles. The lowest BCUT2D eigenvalue weighted by Gasteiger charge is -2.22. The Morgan fingerprint density at radius 1 is 1.12 bits per heavy atom. The van der Waals surface area contributed by atoms with E-state index >= 15 is 0 Å². The minimum Gasteiger partial charge on any atom is -0.463 e. The van der Waals surface area contributed by atoms with Crippen molar-refractivity contribution in [1.82, 2.24) is 4.90 Å². The highest BCUT2D eigenvalue weighted by atomic mass is 19.1. The molecule has 1 aromatic rings.